The van der Waals surface area contributed by atoms with Gasteiger partial charge in [0.1, 0.15) is 11.5 Å². The number of hydrogen-bond acceptors (Lipinski definition) is 6. The Bertz CT molecular complexity index is 1230. The summed E-state index contributed by atoms with van der Waals surface area (Å²) in [6.45, 7) is -0.912. The molecule has 3 aromatic rings. The number of benzene rings is 2. The number of amides is 3. The van der Waals surface area contributed by atoms with Crippen LogP contribution < -0.4 is 16.4 Å². The number of carbonyl (C=O) groups excluding carboxylic acids is 4. The molecule has 0 fully saturated rings. The summed E-state index contributed by atoms with van der Waals surface area (Å²) in [6.07, 6.45) is 2.56. The summed E-state index contributed by atoms with van der Waals surface area (Å²) in [5.74, 6) is -2.34. The summed E-state index contributed by atoms with van der Waals surface area (Å²) in [5.41, 5.74) is 7.12. The van der Waals surface area contributed by atoms with Crippen LogP contribution in [0.3, 0.4) is 0 Å². The van der Waals surface area contributed by atoms with E-state index in [0.29, 0.717) is 16.1 Å². The van der Waals surface area contributed by atoms with E-state index in [1.54, 1.807) is 12.1 Å². The highest BCUT2D eigenvalue weighted by molar-refractivity contribution is 7.17. The predicted molar refractivity (Wildman–Crippen MR) is 121 cm³/mol. The van der Waals surface area contributed by atoms with Crippen molar-refractivity contribution < 1.29 is 23.9 Å². The zero-order chi connectivity index (χ0) is 22.7. The zero-order valence-electron chi connectivity index (χ0n) is 17.1. The standard InChI is InChI=1S/C23H21N3O5S/c24-21(29)20-16-6-3-7-17(16)32-23(20)26-18(27)12-31-19(28)11-25-22(30)15-9-8-13-4-1-2-5-14(13)10-15/h1-2,4-5,8-10H,3,6-7,11-12H2,(H2,24,29)(H,25,30)(H,26,27). The number of nitrogens with one attached hydrogen (secondary N) is 2. The molecule has 3 amide bonds. The van der Waals surface area contributed by atoms with Gasteiger partial charge in [-0.05, 0) is 47.7 Å². The molecule has 0 saturated heterocycles. The Morgan fingerprint density at radius 3 is 2.59 bits per heavy atom. The van der Waals surface area contributed by atoms with Crippen LogP contribution in [0.4, 0.5) is 5.00 Å². The topological polar surface area (TPSA) is 128 Å². The summed E-state index contributed by atoms with van der Waals surface area (Å²) < 4.78 is 4.93. The largest absolute Gasteiger partial charge is 0.454 e. The number of nitrogens with two attached hydrogens (primary N) is 1. The van der Waals surface area contributed by atoms with Crippen LogP contribution in [0.5, 0.6) is 0 Å². The third kappa shape index (κ3) is 4.62. The van der Waals surface area contributed by atoms with Gasteiger partial charge in [-0.2, -0.15) is 0 Å². The average molecular weight is 452 g/mol. The van der Waals surface area contributed by atoms with E-state index in [9.17, 15) is 19.2 Å². The summed E-state index contributed by atoms with van der Waals surface area (Å²) in [6, 6.07) is 12.9. The molecule has 9 heteroatoms. The van der Waals surface area contributed by atoms with Crippen molar-refractivity contribution in [3.05, 3.63) is 64.0 Å². The van der Waals surface area contributed by atoms with Crippen molar-refractivity contribution >= 4 is 50.8 Å². The third-order valence-electron chi connectivity index (χ3n) is 5.19. The number of carbonyl (C=O) groups is 4. The maximum atomic E-state index is 12.3. The van der Waals surface area contributed by atoms with Crippen LogP contribution in [0.25, 0.3) is 10.8 Å². The van der Waals surface area contributed by atoms with Gasteiger partial charge in [0.05, 0.1) is 5.56 Å². The molecule has 1 aliphatic carbocycles. The van der Waals surface area contributed by atoms with Crippen LogP contribution >= 0.6 is 11.3 Å². The van der Waals surface area contributed by atoms with E-state index in [1.165, 1.54) is 11.3 Å². The molecule has 0 spiro atoms. The van der Waals surface area contributed by atoms with E-state index in [4.69, 9.17) is 10.5 Å². The van der Waals surface area contributed by atoms with Gasteiger partial charge in [-0.15, -0.1) is 11.3 Å². The van der Waals surface area contributed by atoms with Crippen molar-refractivity contribution in [3.63, 3.8) is 0 Å². The average Bonchev–Trinajstić information content (AvgIpc) is 3.36. The van der Waals surface area contributed by atoms with Crippen LogP contribution in [0.15, 0.2) is 42.5 Å². The SMILES string of the molecule is NC(=O)c1c(NC(=O)COC(=O)CNC(=O)c2ccc3ccccc3c2)sc2c1CCC2. The smallest absolute Gasteiger partial charge is 0.325 e. The number of rotatable bonds is 7. The highest BCUT2D eigenvalue weighted by Crippen LogP contribution is 2.38. The van der Waals surface area contributed by atoms with Crippen molar-refractivity contribution in [3.8, 4) is 0 Å². The highest BCUT2D eigenvalue weighted by Gasteiger charge is 2.26. The number of ether oxygens (including phenoxy) is 1. The van der Waals surface area contributed by atoms with Crippen LogP contribution in [0, 0.1) is 0 Å². The van der Waals surface area contributed by atoms with Crippen LogP contribution in [-0.4, -0.2) is 36.8 Å². The maximum absolute atomic E-state index is 12.3. The molecule has 164 valence electrons. The van der Waals surface area contributed by atoms with Crippen LogP contribution in [-0.2, 0) is 27.2 Å². The minimum atomic E-state index is -0.752. The van der Waals surface area contributed by atoms with E-state index in [0.717, 1.165) is 40.5 Å². The molecule has 0 radical (unpaired) electrons. The Morgan fingerprint density at radius 1 is 1.03 bits per heavy atom. The van der Waals surface area contributed by atoms with E-state index in [2.05, 4.69) is 10.6 Å². The van der Waals surface area contributed by atoms with Gasteiger partial charge in [0, 0.05) is 10.4 Å². The van der Waals surface area contributed by atoms with Gasteiger partial charge in [-0.1, -0.05) is 30.3 Å². The lowest BCUT2D eigenvalue weighted by molar-refractivity contribution is -0.146. The van der Waals surface area contributed by atoms with Crippen LogP contribution in [0.1, 0.15) is 37.6 Å². The zero-order valence-corrected chi connectivity index (χ0v) is 17.9. The molecule has 8 nitrogen and oxygen atoms in total. The van der Waals surface area contributed by atoms with Gasteiger partial charge in [0.25, 0.3) is 17.7 Å². The number of primary amides is 1. The summed E-state index contributed by atoms with van der Waals surface area (Å²) in [4.78, 5) is 49.3. The van der Waals surface area contributed by atoms with Gasteiger partial charge < -0.3 is 21.1 Å². The first-order chi connectivity index (χ1) is 15.4. The molecule has 4 N–H and O–H groups in total. The number of esters is 1. The van der Waals surface area contributed by atoms with E-state index < -0.39 is 30.3 Å². The predicted octanol–water partition coefficient (Wildman–Crippen LogP) is 2.40. The number of fused-ring (bicyclic) bond motifs is 2. The normalized spacial score (nSPS) is 12.2. The molecule has 4 rings (SSSR count). The molecular weight excluding hydrogens is 430 g/mol. The lowest BCUT2D eigenvalue weighted by atomic mass is 10.1. The first-order valence-electron chi connectivity index (χ1n) is 10.1. The molecule has 0 saturated carbocycles. The minimum absolute atomic E-state index is 0.338. The van der Waals surface area contributed by atoms with Gasteiger partial charge in [0.15, 0.2) is 6.61 Å². The summed E-state index contributed by atoms with van der Waals surface area (Å²) >= 11 is 1.32. The Kier molecular flexibility index (Phi) is 6.18. The lowest BCUT2D eigenvalue weighted by Gasteiger charge is -2.08. The van der Waals surface area contributed by atoms with Crippen molar-refractivity contribution in [1.29, 1.82) is 0 Å². The lowest BCUT2D eigenvalue weighted by Crippen LogP contribution is -2.32. The van der Waals surface area contributed by atoms with Gasteiger partial charge in [0.2, 0.25) is 0 Å². The Hall–Kier alpha value is -3.72. The van der Waals surface area contributed by atoms with E-state index >= 15 is 0 Å². The molecule has 32 heavy (non-hydrogen) atoms. The maximum Gasteiger partial charge on any atom is 0.325 e. The second-order valence-corrected chi connectivity index (χ2v) is 8.48. The fraction of sp³-hybridized carbons (Fsp3) is 0.217. The molecular formula is C23H21N3O5S. The highest BCUT2D eigenvalue weighted by atomic mass is 32.1. The Morgan fingerprint density at radius 2 is 1.81 bits per heavy atom. The molecule has 0 atom stereocenters. The Labute approximate surface area is 187 Å². The number of hydrogen-bond donors (Lipinski definition) is 3. The number of anilines is 1. The van der Waals surface area contributed by atoms with E-state index in [1.807, 2.05) is 30.3 Å². The van der Waals surface area contributed by atoms with Crippen molar-refractivity contribution in [2.45, 2.75) is 19.3 Å². The first-order valence-corrected chi connectivity index (χ1v) is 10.9. The number of aryl methyl sites for hydroxylation is 1. The molecule has 2 aromatic carbocycles. The minimum Gasteiger partial charge on any atom is -0.454 e. The molecule has 1 aliphatic rings. The fourth-order valence-corrected chi connectivity index (χ4v) is 5.01. The van der Waals surface area contributed by atoms with Crippen molar-refractivity contribution in [1.82, 2.24) is 5.32 Å². The molecule has 1 heterocycles. The second-order valence-electron chi connectivity index (χ2n) is 7.38. The second kappa shape index (κ2) is 9.19. The van der Waals surface area contributed by atoms with Crippen molar-refractivity contribution in [2.24, 2.45) is 5.73 Å². The molecule has 0 unspecified atom stereocenters. The van der Waals surface area contributed by atoms with Gasteiger partial charge in [-0.25, -0.2) is 0 Å². The molecule has 0 bridgehead atoms. The van der Waals surface area contributed by atoms with Crippen LogP contribution in [0.2, 0.25) is 0 Å². The van der Waals surface area contributed by atoms with Gasteiger partial charge in [-0.3, -0.25) is 19.2 Å². The number of thiophene rings is 1. The van der Waals surface area contributed by atoms with Crippen molar-refractivity contribution in [2.75, 3.05) is 18.5 Å². The Balaban J connectivity index is 1.27. The molecule has 0 aliphatic heterocycles. The quantitative estimate of drug-likeness (QED) is 0.475. The van der Waals surface area contributed by atoms with Gasteiger partial charge >= 0.3 is 5.97 Å². The fourth-order valence-electron chi connectivity index (χ4n) is 3.70. The first kappa shape index (κ1) is 21.5. The summed E-state index contributed by atoms with van der Waals surface area (Å²) in [5, 5.41) is 7.38. The monoisotopic (exact) mass is 451 g/mol. The summed E-state index contributed by atoms with van der Waals surface area (Å²) in [7, 11) is 0. The van der Waals surface area contributed by atoms with E-state index in [-0.39, 0.29) is 6.54 Å². The third-order valence-corrected chi connectivity index (χ3v) is 6.40. The molecule has 1 aromatic heterocycles.